The Kier molecular flexibility index (Phi) is 9.86. The molecule has 2 aromatic rings. The minimum atomic E-state index is -0.584. The zero-order valence-electron chi connectivity index (χ0n) is 22.1. The number of halogens is 2. The van der Waals surface area contributed by atoms with Crippen LogP contribution in [0, 0.1) is 6.92 Å². The van der Waals surface area contributed by atoms with Gasteiger partial charge in [-0.2, -0.15) is 0 Å². The van der Waals surface area contributed by atoms with Gasteiger partial charge in [-0.3, -0.25) is 9.78 Å². The van der Waals surface area contributed by atoms with Crippen LogP contribution < -0.4 is 9.64 Å². The number of carbonyl (C=O) groups is 3. The van der Waals surface area contributed by atoms with Gasteiger partial charge in [-0.05, 0) is 81.5 Å². The molecular weight excluding hydrogens is 543 g/mol. The summed E-state index contributed by atoms with van der Waals surface area (Å²) < 4.78 is 16.0. The smallest absolute Gasteiger partial charge is 0.343 e. The van der Waals surface area contributed by atoms with Crippen molar-refractivity contribution in [2.45, 2.75) is 70.9 Å². The Bertz CT molecular complexity index is 1270. The lowest BCUT2D eigenvalue weighted by atomic mass is 9.90. The van der Waals surface area contributed by atoms with Crippen molar-refractivity contribution in [2.75, 3.05) is 18.6 Å². The molecule has 8 nitrogen and oxygen atoms in total. The molecule has 0 N–H and O–H groups in total. The molecule has 0 aliphatic heterocycles. The Labute approximate surface area is 238 Å². The largest absolute Gasteiger partial charge is 0.480 e. The topological polar surface area (TPSA) is 95.0 Å². The fourth-order valence-corrected chi connectivity index (χ4v) is 5.43. The van der Waals surface area contributed by atoms with E-state index in [0.29, 0.717) is 29.7 Å². The van der Waals surface area contributed by atoms with Gasteiger partial charge in [-0.1, -0.05) is 23.2 Å². The minimum absolute atomic E-state index is 0.0994. The number of hydrogen-bond acceptors (Lipinski definition) is 7. The third kappa shape index (κ3) is 7.11. The van der Waals surface area contributed by atoms with E-state index in [1.165, 1.54) is 24.1 Å². The first-order chi connectivity index (χ1) is 18.8. The van der Waals surface area contributed by atoms with Crippen molar-refractivity contribution >= 4 is 46.7 Å². The number of benzene rings is 1. The maximum absolute atomic E-state index is 14.3. The first-order valence-corrected chi connectivity index (χ1v) is 13.9. The van der Waals surface area contributed by atoms with E-state index in [9.17, 15) is 14.4 Å². The molecule has 0 saturated heterocycles. The average molecular weight is 575 g/mol. The van der Waals surface area contributed by atoms with Crippen LogP contribution in [-0.4, -0.2) is 42.7 Å². The summed E-state index contributed by atoms with van der Waals surface area (Å²) in [6.45, 7) is 1.71. The van der Waals surface area contributed by atoms with E-state index < -0.39 is 11.9 Å². The highest BCUT2D eigenvalue weighted by molar-refractivity contribution is 6.37. The van der Waals surface area contributed by atoms with Crippen LogP contribution in [-0.2, 0) is 30.4 Å². The second-order valence-electron chi connectivity index (χ2n) is 9.77. The Hall–Kier alpha value is -3.10. The van der Waals surface area contributed by atoms with Crippen LogP contribution in [0.4, 0.5) is 5.69 Å². The van der Waals surface area contributed by atoms with Gasteiger partial charge in [0.15, 0.2) is 6.61 Å². The highest BCUT2D eigenvalue weighted by Crippen LogP contribution is 2.39. The molecule has 1 aromatic carbocycles. The highest BCUT2D eigenvalue weighted by Gasteiger charge is 2.32. The van der Waals surface area contributed by atoms with Crippen LogP contribution in [0.25, 0.3) is 0 Å². The highest BCUT2D eigenvalue weighted by atomic mass is 35.5. The van der Waals surface area contributed by atoms with Gasteiger partial charge in [0.1, 0.15) is 11.9 Å². The van der Waals surface area contributed by atoms with Crippen LogP contribution in [0.15, 0.2) is 41.7 Å². The van der Waals surface area contributed by atoms with Crippen molar-refractivity contribution in [2.24, 2.45) is 0 Å². The first kappa shape index (κ1) is 28.9. The fourth-order valence-electron chi connectivity index (χ4n) is 4.89. The van der Waals surface area contributed by atoms with Gasteiger partial charge in [-0.25, -0.2) is 9.59 Å². The number of aryl methyl sites for hydroxylation is 1. The number of nitrogens with zero attached hydrogens (tertiary/aromatic N) is 2. The van der Waals surface area contributed by atoms with Crippen LogP contribution >= 0.6 is 23.2 Å². The zero-order chi connectivity index (χ0) is 27.9. The van der Waals surface area contributed by atoms with Gasteiger partial charge in [-0.15, -0.1) is 0 Å². The number of rotatable bonds is 9. The summed E-state index contributed by atoms with van der Waals surface area (Å²) in [6.07, 6.45) is 9.57. The second-order valence-corrected chi connectivity index (χ2v) is 10.6. The minimum Gasteiger partial charge on any atom is -0.480 e. The number of methoxy groups -OCH3 is 1. The normalized spacial score (nSPS) is 15.7. The van der Waals surface area contributed by atoms with Gasteiger partial charge in [0.05, 0.1) is 29.4 Å². The molecule has 10 heteroatoms. The maximum Gasteiger partial charge on any atom is 0.343 e. The summed E-state index contributed by atoms with van der Waals surface area (Å²) in [5.74, 6) is -1.17. The molecule has 4 rings (SSSR count). The lowest BCUT2D eigenvalue weighted by Gasteiger charge is -2.29. The van der Waals surface area contributed by atoms with E-state index >= 15 is 0 Å². The van der Waals surface area contributed by atoms with Crippen molar-refractivity contribution in [3.8, 4) is 5.75 Å². The molecule has 1 fully saturated rings. The molecular formula is C29H32Cl2N2O6. The van der Waals surface area contributed by atoms with Crippen LogP contribution in [0.2, 0.25) is 10.0 Å². The van der Waals surface area contributed by atoms with Gasteiger partial charge >= 0.3 is 11.9 Å². The van der Waals surface area contributed by atoms with E-state index in [0.717, 1.165) is 49.7 Å². The van der Waals surface area contributed by atoms with Gasteiger partial charge < -0.3 is 19.1 Å². The average Bonchev–Trinajstić information content (AvgIpc) is 3.45. The second kappa shape index (κ2) is 13.3. The Morgan fingerprint density at radius 1 is 1.03 bits per heavy atom. The molecule has 0 spiro atoms. The Morgan fingerprint density at radius 2 is 1.74 bits per heavy atom. The number of esters is 2. The molecule has 1 heterocycles. The van der Waals surface area contributed by atoms with Crippen molar-refractivity contribution in [3.63, 3.8) is 0 Å². The molecule has 0 radical (unpaired) electrons. The molecule has 2 aliphatic rings. The molecule has 39 heavy (non-hydrogen) atoms. The van der Waals surface area contributed by atoms with E-state index in [4.69, 9.17) is 32.7 Å². The summed E-state index contributed by atoms with van der Waals surface area (Å²) in [4.78, 5) is 44.9. The van der Waals surface area contributed by atoms with Crippen LogP contribution in [0.3, 0.4) is 0 Å². The van der Waals surface area contributed by atoms with Gasteiger partial charge in [0, 0.05) is 29.6 Å². The van der Waals surface area contributed by atoms with E-state index in [1.807, 2.05) is 13.0 Å². The molecule has 1 aromatic heterocycles. The number of anilines is 1. The predicted molar refractivity (Wildman–Crippen MR) is 148 cm³/mol. The van der Waals surface area contributed by atoms with Crippen molar-refractivity contribution in [1.29, 1.82) is 0 Å². The summed E-state index contributed by atoms with van der Waals surface area (Å²) >= 11 is 13.0. The van der Waals surface area contributed by atoms with Crippen LogP contribution in [0.5, 0.6) is 5.75 Å². The SMILES string of the molecule is COC(=O)COc1cc(N(Cc2cnccc2C)C(=O)C2=C(C(=O)OC3CCCC3)CCCC2)c(Cl)cc1Cl. The summed E-state index contributed by atoms with van der Waals surface area (Å²) in [6, 6.07) is 4.85. The molecule has 208 valence electrons. The molecule has 0 unspecified atom stereocenters. The molecule has 1 amide bonds. The van der Waals surface area contributed by atoms with Crippen molar-refractivity contribution in [1.82, 2.24) is 4.98 Å². The summed E-state index contributed by atoms with van der Waals surface area (Å²) in [7, 11) is 1.25. The van der Waals surface area contributed by atoms with Gasteiger partial charge in [0.2, 0.25) is 0 Å². The monoisotopic (exact) mass is 574 g/mol. The van der Waals surface area contributed by atoms with E-state index in [2.05, 4.69) is 9.72 Å². The summed E-state index contributed by atoms with van der Waals surface area (Å²) in [5.41, 5.74) is 2.93. The Balaban J connectivity index is 1.74. The van der Waals surface area contributed by atoms with E-state index in [1.54, 1.807) is 12.4 Å². The number of ether oxygens (including phenoxy) is 3. The molecule has 2 aliphatic carbocycles. The van der Waals surface area contributed by atoms with Crippen molar-refractivity contribution < 1.29 is 28.6 Å². The number of carbonyl (C=O) groups excluding carboxylic acids is 3. The lowest BCUT2D eigenvalue weighted by molar-refractivity contribution is -0.144. The fraction of sp³-hybridized carbons (Fsp3) is 0.448. The molecule has 1 saturated carbocycles. The number of pyridine rings is 1. The third-order valence-corrected chi connectivity index (χ3v) is 7.73. The number of amides is 1. The Morgan fingerprint density at radius 3 is 2.44 bits per heavy atom. The standard InChI is InChI=1S/C29H32Cl2N2O6/c1-18-11-12-32-15-19(18)16-33(25-14-26(24(31)13-23(25)30)38-17-27(34)37-2)28(35)21-9-5-6-10-22(21)29(36)39-20-7-3-4-8-20/h11-15,20H,3-10,16-17H2,1-2H3. The zero-order valence-corrected chi connectivity index (χ0v) is 23.6. The maximum atomic E-state index is 14.3. The molecule has 0 bridgehead atoms. The lowest BCUT2D eigenvalue weighted by Crippen LogP contribution is -2.34. The summed E-state index contributed by atoms with van der Waals surface area (Å²) in [5, 5.41) is 0.391. The first-order valence-electron chi connectivity index (χ1n) is 13.1. The number of hydrogen-bond donors (Lipinski definition) is 0. The molecule has 0 atom stereocenters. The predicted octanol–water partition coefficient (Wildman–Crippen LogP) is 6.14. The third-order valence-electron chi connectivity index (χ3n) is 7.13. The number of aromatic nitrogens is 1. The van der Waals surface area contributed by atoms with Gasteiger partial charge in [0.25, 0.3) is 5.91 Å². The quantitative estimate of drug-likeness (QED) is 0.332. The van der Waals surface area contributed by atoms with Crippen molar-refractivity contribution in [3.05, 3.63) is 62.9 Å². The van der Waals surface area contributed by atoms with Crippen LogP contribution in [0.1, 0.15) is 62.5 Å². The van der Waals surface area contributed by atoms with E-state index in [-0.39, 0.29) is 41.0 Å².